The topological polar surface area (TPSA) is 31.7 Å². The van der Waals surface area contributed by atoms with Gasteiger partial charge in [0, 0.05) is 50.4 Å². The van der Waals surface area contributed by atoms with E-state index in [0.717, 1.165) is 45.0 Å². The Morgan fingerprint density at radius 2 is 1.85 bits per heavy atom. The zero-order chi connectivity index (χ0) is 14.5. The molecular weight excluding hydrogens is 250 g/mol. The van der Waals surface area contributed by atoms with Gasteiger partial charge in [0.25, 0.3) is 0 Å². The zero-order valence-electron chi connectivity index (χ0n) is 13.4. The Labute approximate surface area is 123 Å². The Morgan fingerprint density at radius 1 is 1.15 bits per heavy atom. The molecule has 1 aromatic rings. The summed E-state index contributed by atoms with van der Waals surface area (Å²) in [6, 6.07) is 3.26. The predicted octanol–water partition coefficient (Wildman–Crippen LogP) is 2.30. The van der Waals surface area contributed by atoms with Gasteiger partial charge in [0.1, 0.15) is 5.76 Å². The zero-order valence-corrected chi connectivity index (χ0v) is 13.4. The second-order valence-corrected chi connectivity index (χ2v) is 6.31. The highest BCUT2D eigenvalue weighted by Crippen LogP contribution is 2.15. The fourth-order valence-electron chi connectivity index (χ4n) is 2.62. The van der Waals surface area contributed by atoms with E-state index in [1.54, 1.807) is 0 Å². The number of furan rings is 1. The number of nitrogens with zero attached hydrogens (tertiary/aromatic N) is 2. The van der Waals surface area contributed by atoms with Crippen molar-refractivity contribution < 1.29 is 4.42 Å². The van der Waals surface area contributed by atoms with Gasteiger partial charge in [-0.15, -0.1) is 0 Å². The first-order valence-corrected chi connectivity index (χ1v) is 7.81. The molecule has 0 spiro atoms. The Bertz CT molecular complexity index is 392. The van der Waals surface area contributed by atoms with Crippen LogP contribution in [0.1, 0.15) is 39.0 Å². The van der Waals surface area contributed by atoms with Crippen molar-refractivity contribution in [3.05, 3.63) is 23.7 Å². The summed E-state index contributed by atoms with van der Waals surface area (Å²) < 4.78 is 5.68. The lowest BCUT2D eigenvalue weighted by Gasteiger charge is -2.36. The molecule has 1 aliphatic heterocycles. The molecule has 2 heterocycles. The van der Waals surface area contributed by atoms with Gasteiger partial charge in [-0.05, 0) is 19.9 Å². The van der Waals surface area contributed by atoms with Gasteiger partial charge in [0.05, 0.1) is 12.8 Å². The summed E-state index contributed by atoms with van der Waals surface area (Å²) in [5, 5.41) is 3.46. The van der Waals surface area contributed by atoms with Crippen molar-refractivity contribution in [2.75, 3.05) is 26.2 Å². The molecule has 4 heteroatoms. The normalized spacial score (nSPS) is 18.3. The van der Waals surface area contributed by atoms with Gasteiger partial charge in [-0.25, -0.2) is 0 Å². The van der Waals surface area contributed by atoms with E-state index >= 15 is 0 Å². The predicted molar refractivity (Wildman–Crippen MR) is 82.7 cm³/mol. The molecule has 1 saturated heterocycles. The molecule has 0 aliphatic carbocycles. The summed E-state index contributed by atoms with van der Waals surface area (Å²) in [5.41, 5.74) is 1.30. The van der Waals surface area contributed by atoms with Crippen LogP contribution >= 0.6 is 0 Å². The minimum absolute atomic E-state index is 0.507. The van der Waals surface area contributed by atoms with E-state index < -0.39 is 0 Å². The van der Waals surface area contributed by atoms with Gasteiger partial charge >= 0.3 is 0 Å². The maximum Gasteiger partial charge on any atom is 0.122 e. The molecule has 0 saturated carbocycles. The van der Waals surface area contributed by atoms with Crippen molar-refractivity contribution >= 4 is 0 Å². The van der Waals surface area contributed by atoms with Crippen molar-refractivity contribution in [3.8, 4) is 0 Å². The van der Waals surface area contributed by atoms with E-state index in [1.807, 2.05) is 6.26 Å². The quantitative estimate of drug-likeness (QED) is 0.866. The van der Waals surface area contributed by atoms with E-state index in [4.69, 9.17) is 4.42 Å². The molecule has 1 aromatic heterocycles. The third-order valence-electron chi connectivity index (χ3n) is 4.04. The third kappa shape index (κ3) is 4.33. The molecule has 0 atom stereocenters. The van der Waals surface area contributed by atoms with Crippen LogP contribution in [0.3, 0.4) is 0 Å². The highest BCUT2D eigenvalue weighted by molar-refractivity contribution is 5.17. The van der Waals surface area contributed by atoms with Crippen molar-refractivity contribution in [2.24, 2.45) is 0 Å². The van der Waals surface area contributed by atoms with Crippen LogP contribution in [-0.2, 0) is 13.1 Å². The number of rotatable bonds is 6. The summed E-state index contributed by atoms with van der Waals surface area (Å²) in [7, 11) is 0. The van der Waals surface area contributed by atoms with Crippen LogP contribution in [0.4, 0.5) is 0 Å². The molecule has 0 unspecified atom stereocenters. The van der Waals surface area contributed by atoms with Gasteiger partial charge in [-0.1, -0.05) is 13.8 Å². The number of hydrogen-bond acceptors (Lipinski definition) is 4. The summed E-state index contributed by atoms with van der Waals surface area (Å²) in [4.78, 5) is 5.04. The minimum atomic E-state index is 0.507. The largest absolute Gasteiger partial charge is 0.468 e. The van der Waals surface area contributed by atoms with Gasteiger partial charge < -0.3 is 9.73 Å². The Hall–Kier alpha value is -0.840. The Morgan fingerprint density at radius 3 is 2.45 bits per heavy atom. The first-order valence-electron chi connectivity index (χ1n) is 7.81. The number of hydrogen-bond donors (Lipinski definition) is 1. The lowest BCUT2D eigenvalue weighted by molar-refractivity contribution is 0.0987. The molecule has 114 valence electrons. The van der Waals surface area contributed by atoms with Crippen molar-refractivity contribution in [2.45, 2.75) is 52.9 Å². The molecule has 0 amide bonds. The van der Waals surface area contributed by atoms with E-state index in [2.05, 4.69) is 48.9 Å². The summed E-state index contributed by atoms with van der Waals surface area (Å²) >= 11 is 0. The van der Waals surface area contributed by atoms with Crippen LogP contribution in [-0.4, -0.2) is 48.1 Å². The summed E-state index contributed by atoms with van der Waals surface area (Å²) in [5.74, 6) is 1.12. The molecule has 20 heavy (non-hydrogen) atoms. The second kappa shape index (κ2) is 7.25. The van der Waals surface area contributed by atoms with Gasteiger partial charge in [-0.2, -0.15) is 0 Å². The average Bonchev–Trinajstić information content (AvgIpc) is 2.84. The molecular formula is C16H29N3O. The van der Waals surface area contributed by atoms with E-state index in [1.165, 1.54) is 5.56 Å². The number of nitrogens with one attached hydrogen (secondary N) is 1. The molecule has 0 radical (unpaired) electrons. The van der Waals surface area contributed by atoms with E-state index in [9.17, 15) is 0 Å². The van der Waals surface area contributed by atoms with E-state index in [0.29, 0.717) is 12.1 Å². The van der Waals surface area contributed by atoms with Crippen molar-refractivity contribution in [3.63, 3.8) is 0 Å². The average molecular weight is 279 g/mol. The fraction of sp³-hybridized carbons (Fsp3) is 0.750. The van der Waals surface area contributed by atoms with Crippen LogP contribution in [0.15, 0.2) is 16.7 Å². The first kappa shape index (κ1) is 15.5. The molecule has 4 nitrogen and oxygen atoms in total. The van der Waals surface area contributed by atoms with Crippen LogP contribution in [0.5, 0.6) is 0 Å². The standard InChI is InChI=1S/C16H29N3O/c1-13(2)17-11-15-5-10-20-16(15)12-18-6-8-19(9-7-18)14(3)4/h5,10,13-14,17H,6-9,11-12H2,1-4H3. The van der Waals surface area contributed by atoms with E-state index in [-0.39, 0.29) is 0 Å². The van der Waals surface area contributed by atoms with Crippen LogP contribution in [0.2, 0.25) is 0 Å². The summed E-state index contributed by atoms with van der Waals surface area (Å²) in [6.45, 7) is 15.3. The molecule has 1 aliphatic rings. The highest BCUT2D eigenvalue weighted by Gasteiger charge is 2.20. The van der Waals surface area contributed by atoms with Gasteiger partial charge in [0.2, 0.25) is 0 Å². The molecule has 1 fully saturated rings. The Balaban J connectivity index is 1.84. The lowest BCUT2D eigenvalue weighted by Crippen LogP contribution is -2.48. The fourth-order valence-corrected chi connectivity index (χ4v) is 2.62. The summed E-state index contributed by atoms with van der Waals surface area (Å²) in [6.07, 6.45) is 1.82. The van der Waals surface area contributed by atoms with Crippen molar-refractivity contribution in [1.82, 2.24) is 15.1 Å². The van der Waals surface area contributed by atoms with Crippen LogP contribution in [0.25, 0.3) is 0 Å². The highest BCUT2D eigenvalue weighted by atomic mass is 16.3. The molecule has 1 N–H and O–H groups in total. The van der Waals surface area contributed by atoms with Crippen LogP contribution < -0.4 is 5.32 Å². The molecule has 0 bridgehead atoms. The SMILES string of the molecule is CC(C)NCc1ccoc1CN1CCN(C(C)C)CC1. The molecule has 0 aromatic carbocycles. The monoisotopic (exact) mass is 279 g/mol. The van der Waals surface area contributed by atoms with Crippen molar-refractivity contribution in [1.29, 1.82) is 0 Å². The third-order valence-corrected chi connectivity index (χ3v) is 4.04. The minimum Gasteiger partial charge on any atom is -0.468 e. The van der Waals surface area contributed by atoms with Crippen LogP contribution in [0, 0.1) is 0 Å². The van der Waals surface area contributed by atoms with Gasteiger partial charge in [-0.3, -0.25) is 9.80 Å². The smallest absolute Gasteiger partial charge is 0.122 e. The second-order valence-electron chi connectivity index (χ2n) is 6.31. The Kier molecular flexibility index (Phi) is 5.64. The number of piperazine rings is 1. The molecule has 2 rings (SSSR count). The maximum atomic E-state index is 5.68. The first-order chi connectivity index (χ1) is 9.56. The lowest BCUT2D eigenvalue weighted by atomic mass is 10.2. The van der Waals surface area contributed by atoms with Gasteiger partial charge in [0.15, 0.2) is 0 Å². The maximum absolute atomic E-state index is 5.68.